The van der Waals surface area contributed by atoms with E-state index in [4.69, 9.17) is 9.84 Å². The molecule has 1 heterocycles. The summed E-state index contributed by atoms with van der Waals surface area (Å²) in [6.45, 7) is 2.47. The molecule has 0 amide bonds. The topological polar surface area (TPSA) is 98.4 Å². The molecule has 2 atom stereocenters. The van der Waals surface area contributed by atoms with E-state index >= 15 is 0 Å². The number of aliphatic hydroxyl groups excluding tert-OH is 2. The van der Waals surface area contributed by atoms with Gasteiger partial charge in [-0.1, -0.05) is 30.3 Å². The van der Waals surface area contributed by atoms with E-state index in [1.165, 1.54) is 0 Å². The Labute approximate surface area is 147 Å². The molecule has 3 N–H and O–H groups in total. The Morgan fingerprint density at radius 1 is 1.24 bits per heavy atom. The van der Waals surface area contributed by atoms with Gasteiger partial charge in [0.1, 0.15) is 17.7 Å². The van der Waals surface area contributed by atoms with Crippen molar-refractivity contribution in [2.45, 2.75) is 25.6 Å². The van der Waals surface area contributed by atoms with Crippen molar-refractivity contribution in [2.24, 2.45) is 0 Å². The van der Waals surface area contributed by atoms with Gasteiger partial charge in [0.15, 0.2) is 0 Å². The van der Waals surface area contributed by atoms with Crippen LogP contribution >= 0.6 is 0 Å². The summed E-state index contributed by atoms with van der Waals surface area (Å²) in [4.78, 5) is 4.34. The van der Waals surface area contributed by atoms with Crippen molar-refractivity contribution in [1.82, 2.24) is 10.3 Å². The second kappa shape index (κ2) is 9.74. The third-order valence-corrected chi connectivity index (χ3v) is 3.72. The Bertz CT molecular complexity index is 701. The van der Waals surface area contributed by atoms with Gasteiger partial charge in [-0.05, 0) is 31.2 Å². The number of aryl methyl sites for hydroxylation is 1. The zero-order valence-corrected chi connectivity index (χ0v) is 14.2. The van der Waals surface area contributed by atoms with Crippen molar-refractivity contribution in [3.8, 4) is 11.9 Å². The number of aromatic nitrogens is 1. The van der Waals surface area contributed by atoms with E-state index < -0.39 is 6.10 Å². The number of nitriles is 1. The van der Waals surface area contributed by atoms with Gasteiger partial charge in [0.25, 0.3) is 0 Å². The van der Waals surface area contributed by atoms with Gasteiger partial charge < -0.3 is 20.3 Å². The minimum absolute atomic E-state index is 0.273. The molecule has 0 radical (unpaired) electrons. The van der Waals surface area contributed by atoms with Gasteiger partial charge in [-0.25, -0.2) is 4.98 Å². The lowest BCUT2D eigenvalue weighted by Crippen LogP contribution is -2.31. The molecule has 25 heavy (non-hydrogen) atoms. The summed E-state index contributed by atoms with van der Waals surface area (Å²) in [5.41, 5.74) is 2.17. The van der Waals surface area contributed by atoms with Gasteiger partial charge in [-0.2, -0.15) is 5.26 Å². The van der Waals surface area contributed by atoms with Crippen LogP contribution in [0.5, 0.6) is 5.88 Å². The first-order valence-electron chi connectivity index (χ1n) is 8.23. The number of aliphatic hydroxyl groups is 2. The molecule has 6 heteroatoms. The quantitative estimate of drug-likeness (QED) is 0.601. The van der Waals surface area contributed by atoms with Crippen molar-refractivity contribution in [3.05, 3.63) is 59.3 Å². The lowest BCUT2D eigenvalue weighted by atomic mass is 10.1. The number of hydrogen-bond donors (Lipinski definition) is 3. The summed E-state index contributed by atoms with van der Waals surface area (Å²) in [5, 5.41) is 30.6. The predicted octanol–water partition coefficient (Wildman–Crippen LogP) is 1.71. The normalized spacial score (nSPS) is 13.0. The van der Waals surface area contributed by atoms with Gasteiger partial charge >= 0.3 is 0 Å². The summed E-state index contributed by atoms with van der Waals surface area (Å²) < 4.78 is 6.05. The van der Waals surface area contributed by atoms with Crippen LogP contribution in [0.25, 0.3) is 0 Å². The molecule has 1 aromatic carbocycles. The second-order valence-electron chi connectivity index (χ2n) is 5.76. The van der Waals surface area contributed by atoms with Crippen molar-refractivity contribution >= 4 is 0 Å². The molecule has 0 aliphatic rings. The number of nitrogens with one attached hydrogen (secondary N) is 1. The third kappa shape index (κ3) is 5.84. The molecule has 0 aliphatic heterocycles. The van der Waals surface area contributed by atoms with E-state index in [-0.39, 0.29) is 12.7 Å². The molecule has 0 spiro atoms. The van der Waals surface area contributed by atoms with Gasteiger partial charge in [-0.3, -0.25) is 0 Å². The van der Waals surface area contributed by atoms with E-state index in [1.54, 1.807) is 12.1 Å². The van der Waals surface area contributed by atoms with Crippen LogP contribution in [0.4, 0.5) is 0 Å². The molecule has 0 saturated carbocycles. The standard InChI is InChI=1S/C19H23N3O3/c1-14-7-8-16(11-20)19(22-14)25-18(15-5-3-2-4-6-15)9-10-21-12-17(24)13-23/h2-8,17-18,21,23-24H,9-10,12-13H2,1H3/t17-,18-/m1/s1. The second-order valence-corrected chi connectivity index (χ2v) is 5.76. The molecule has 6 nitrogen and oxygen atoms in total. The van der Waals surface area contributed by atoms with Crippen LogP contribution in [-0.4, -0.2) is 41.0 Å². The molecule has 0 bridgehead atoms. The average Bonchev–Trinajstić information content (AvgIpc) is 2.64. The van der Waals surface area contributed by atoms with E-state index in [2.05, 4.69) is 16.4 Å². The predicted molar refractivity (Wildman–Crippen MR) is 94.1 cm³/mol. The van der Waals surface area contributed by atoms with Crippen LogP contribution in [-0.2, 0) is 0 Å². The van der Waals surface area contributed by atoms with Crippen molar-refractivity contribution < 1.29 is 14.9 Å². The van der Waals surface area contributed by atoms with Crippen LogP contribution in [0.15, 0.2) is 42.5 Å². The molecule has 0 saturated heterocycles. The number of benzene rings is 1. The minimum atomic E-state index is -0.778. The summed E-state index contributed by atoms with van der Waals surface area (Å²) in [6.07, 6.45) is -0.427. The van der Waals surface area contributed by atoms with Gasteiger partial charge in [0, 0.05) is 18.7 Å². The highest BCUT2D eigenvalue weighted by atomic mass is 16.5. The molecule has 132 valence electrons. The summed E-state index contributed by atoms with van der Waals surface area (Å²) in [6, 6.07) is 15.3. The minimum Gasteiger partial charge on any atom is -0.468 e. The Hall–Kier alpha value is -2.46. The van der Waals surface area contributed by atoms with E-state index in [0.717, 1.165) is 11.3 Å². The first-order chi connectivity index (χ1) is 12.1. The maximum atomic E-state index is 9.38. The molecule has 2 rings (SSSR count). The smallest absolute Gasteiger partial charge is 0.232 e. The van der Waals surface area contributed by atoms with Crippen LogP contribution in [0.3, 0.4) is 0 Å². The maximum Gasteiger partial charge on any atom is 0.232 e. The Kier molecular flexibility index (Phi) is 7.36. The highest BCUT2D eigenvalue weighted by molar-refractivity contribution is 5.39. The van der Waals surface area contributed by atoms with E-state index in [0.29, 0.717) is 31.0 Å². The summed E-state index contributed by atoms with van der Waals surface area (Å²) in [5.74, 6) is 0.326. The van der Waals surface area contributed by atoms with Gasteiger partial charge in [0.2, 0.25) is 5.88 Å². The highest BCUT2D eigenvalue weighted by Crippen LogP contribution is 2.26. The first kappa shape index (κ1) is 18.9. The lowest BCUT2D eigenvalue weighted by Gasteiger charge is -2.20. The first-order valence-corrected chi connectivity index (χ1v) is 8.23. The van der Waals surface area contributed by atoms with Crippen molar-refractivity contribution in [2.75, 3.05) is 19.7 Å². The van der Waals surface area contributed by atoms with E-state index in [9.17, 15) is 10.4 Å². The molecular formula is C19H23N3O3. The maximum absolute atomic E-state index is 9.38. The molecule has 0 fully saturated rings. The number of nitrogens with zero attached hydrogens (tertiary/aromatic N) is 2. The molecule has 1 aromatic heterocycles. The zero-order valence-electron chi connectivity index (χ0n) is 14.2. The average molecular weight is 341 g/mol. The Balaban J connectivity index is 2.10. The lowest BCUT2D eigenvalue weighted by molar-refractivity contribution is 0.0932. The SMILES string of the molecule is Cc1ccc(C#N)c(O[C@H](CCNC[C@@H](O)CO)c2ccccc2)n1. The fourth-order valence-corrected chi connectivity index (χ4v) is 2.37. The molecule has 0 unspecified atom stereocenters. The largest absolute Gasteiger partial charge is 0.468 e. The monoisotopic (exact) mass is 341 g/mol. The fourth-order valence-electron chi connectivity index (χ4n) is 2.37. The van der Waals surface area contributed by atoms with Crippen LogP contribution < -0.4 is 10.1 Å². The molecule has 2 aromatic rings. The molecule has 0 aliphatic carbocycles. The summed E-state index contributed by atoms with van der Waals surface area (Å²) >= 11 is 0. The molecular weight excluding hydrogens is 318 g/mol. The van der Waals surface area contributed by atoms with Gasteiger partial charge in [0.05, 0.1) is 12.7 Å². The van der Waals surface area contributed by atoms with Crippen LogP contribution in [0.2, 0.25) is 0 Å². The number of pyridine rings is 1. The van der Waals surface area contributed by atoms with Crippen LogP contribution in [0, 0.1) is 18.3 Å². The van der Waals surface area contributed by atoms with E-state index in [1.807, 2.05) is 37.3 Å². The number of hydrogen-bond acceptors (Lipinski definition) is 6. The zero-order chi connectivity index (χ0) is 18.1. The van der Waals surface area contributed by atoms with Crippen molar-refractivity contribution in [1.29, 1.82) is 5.26 Å². The Morgan fingerprint density at radius 3 is 2.68 bits per heavy atom. The van der Waals surface area contributed by atoms with Crippen molar-refractivity contribution in [3.63, 3.8) is 0 Å². The number of ether oxygens (including phenoxy) is 1. The summed E-state index contributed by atoms with van der Waals surface area (Å²) in [7, 11) is 0. The third-order valence-electron chi connectivity index (χ3n) is 3.72. The van der Waals surface area contributed by atoms with Gasteiger partial charge in [-0.15, -0.1) is 0 Å². The number of rotatable bonds is 9. The fraction of sp³-hybridized carbons (Fsp3) is 0.368. The van der Waals surface area contributed by atoms with Crippen LogP contribution in [0.1, 0.15) is 29.3 Å². The Morgan fingerprint density at radius 2 is 2.00 bits per heavy atom. The highest BCUT2D eigenvalue weighted by Gasteiger charge is 2.16.